The molecule has 1 aromatic rings. The van der Waals surface area contributed by atoms with Crippen molar-refractivity contribution in [3.05, 3.63) is 33.8 Å². The first-order valence-corrected chi connectivity index (χ1v) is 7.90. The van der Waals surface area contributed by atoms with Crippen molar-refractivity contribution in [2.24, 2.45) is 11.8 Å². The summed E-state index contributed by atoms with van der Waals surface area (Å²) < 4.78 is 0.907. The summed E-state index contributed by atoms with van der Waals surface area (Å²) >= 11 is 3.49. The monoisotopic (exact) mass is 323 g/mol. The van der Waals surface area contributed by atoms with Crippen molar-refractivity contribution >= 4 is 21.8 Å². The molecule has 1 N–H and O–H groups in total. The molecule has 1 saturated carbocycles. The normalized spacial score (nSPS) is 23.1. The summed E-state index contributed by atoms with van der Waals surface area (Å²) in [7, 11) is 0. The van der Waals surface area contributed by atoms with E-state index < -0.39 is 0 Å². The molecule has 0 bridgehead atoms. The Labute approximate surface area is 124 Å². The van der Waals surface area contributed by atoms with Crippen LogP contribution in [0.1, 0.15) is 48.5 Å². The van der Waals surface area contributed by atoms with Crippen LogP contribution in [0.25, 0.3) is 0 Å². The van der Waals surface area contributed by atoms with Crippen LogP contribution in [-0.4, -0.2) is 12.5 Å². The second kappa shape index (κ2) is 6.56. The van der Waals surface area contributed by atoms with E-state index in [1.165, 1.54) is 25.7 Å². The minimum absolute atomic E-state index is 0.0363. The maximum atomic E-state index is 12.2. The van der Waals surface area contributed by atoms with Crippen LogP contribution >= 0.6 is 15.9 Å². The van der Waals surface area contributed by atoms with Gasteiger partial charge in [-0.3, -0.25) is 4.79 Å². The number of benzene rings is 1. The number of amides is 1. The van der Waals surface area contributed by atoms with Crippen molar-refractivity contribution in [2.45, 2.75) is 39.5 Å². The smallest absolute Gasteiger partial charge is 0.252 e. The molecule has 0 heterocycles. The molecule has 19 heavy (non-hydrogen) atoms. The lowest BCUT2D eigenvalue weighted by molar-refractivity contribution is 0.0941. The molecule has 0 unspecified atom stereocenters. The summed E-state index contributed by atoms with van der Waals surface area (Å²) in [6, 6.07) is 5.80. The minimum Gasteiger partial charge on any atom is -0.352 e. The van der Waals surface area contributed by atoms with Gasteiger partial charge in [0.1, 0.15) is 0 Å². The van der Waals surface area contributed by atoms with Crippen LogP contribution < -0.4 is 5.32 Å². The number of halogens is 1. The molecule has 0 saturated heterocycles. The van der Waals surface area contributed by atoms with E-state index in [2.05, 4.69) is 28.2 Å². The summed E-state index contributed by atoms with van der Waals surface area (Å²) in [5.74, 6) is 1.55. The Morgan fingerprint density at radius 2 is 2.00 bits per heavy atom. The van der Waals surface area contributed by atoms with Gasteiger partial charge in [0.2, 0.25) is 0 Å². The Bertz CT molecular complexity index is 450. The molecule has 1 aliphatic carbocycles. The van der Waals surface area contributed by atoms with E-state index in [0.717, 1.165) is 28.1 Å². The zero-order chi connectivity index (χ0) is 13.8. The molecule has 104 valence electrons. The van der Waals surface area contributed by atoms with Gasteiger partial charge in [-0.1, -0.05) is 31.9 Å². The van der Waals surface area contributed by atoms with Gasteiger partial charge in [0.05, 0.1) is 5.56 Å². The fourth-order valence-electron chi connectivity index (χ4n) is 2.69. The van der Waals surface area contributed by atoms with E-state index in [4.69, 9.17) is 0 Å². The summed E-state index contributed by atoms with van der Waals surface area (Å²) in [4.78, 5) is 12.2. The predicted molar refractivity (Wildman–Crippen MR) is 82.3 cm³/mol. The van der Waals surface area contributed by atoms with Crippen LogP contribution in [0.4, 0.5) is 0 Å². The molecule has 0 atom stereocenters. The maximum absolute atomic E-state index is 12.2. The number of rotatable bonds is 3. The van der Waals surface area contributed by atoms with E-state index in [1.807, 2.05) is 25.1 Å². The molecular weight excluding hydrogens is 302 g/mol. The van der Waals surface area contributed by atoms with Crippen LogP contribution in [0.3, 0.4) is 0 Å². The van der Waals surface area contributed by atoms with Crippen molar-refractivity contribution in [1.29, 1.82) is 0 Å². The van der Waals surface area contributed by atoms with Gasteiger partial charge >= 0.3 is 0 Å². The Hall–Kier alpha value is -0.830. The van der Waals surface area contributed by atoms with Gasteiger partial charge in [-0.15, -0.1) is 0 Å². The van der Waals surface area contributed by atoms with Gasteiger partial charge in [0.15, 0.2) is 0 Å². The van der Waals surface area contributed by atoms with Gasteiger partial charge in [-0.2, -0.15) is 0 Å². The fourth-order valence-corrected chi connectivity index (χ4v) is 3.13. The van der Waals surface area contributed by atoms with Crippen LogP contribution in [0, 0.1) is 18.8 Å². The number of hydrogen-bond acceptors (Lipinski definition) is 1. The average molecular weight is 324 g/mol. The molecule has 1 amide bonds. The van der Waals surface area contributed by atoms with Crippen molar-refractivity contribution in [1.82, 2.24) is 5.32 Å². The lowest BCUT2D eigenvalue weighted by Crippen LogP contribution is -2.31. The highest BCUT2D eigenvalue weighted by molar-refractivity contribution is 9.10. The van der Waals surface area contributed by atoms with Crippen molar-refractivity contribution in [3.8, 4) is 0 Å². The molecule has 1 aliphatic rings. The summed E-state index contributed by atoms with van der Waals surface area (Å²) in [6.07, 6.45) is 5.09. The van der Waals surface area contributed by atoms with Gasteiger partial charge < -0.3 is 5.32 Å². The van der Waals surface area contributed by atoms with Gasteiger partial charge in [-0.25, -0.2) is 0 Å². The SMILES string of the molecule is Cc1cccc(C(=O)NCC2CCC(C)CC2)c1Br. The van der Waals surface area contributed by atoms with E-state index in [0.29, 0.717) is 5.92 Å². The molecule has 0 aromatic heterocycles. The largest absolute Gasteiger partial charge is 0.352 e. The highest BCUT2D eigenvalue weighted by Crippen LogP contribution is 2.28. The van der Waals surface area contributed by atoms with Crippen LogP contribution in [0.2, 0.25) is 0 Å². The highest BCUT2D eigenvalue weighted by Gasteiger charge is 2.19. The molecule has 2 rings (SSSR count). The van der Waals surface area contributed by atoms with E-state index in [1.54, 1.807) is 0 Å². The van der Waals surface area contributed by atoms with Crippen molar-refractivity contribution in [2.75, 3.05) is 6.54 Å². The van der Waals surface area contributed by atoms with Crippen LogP contribution in [-0.2, 0) is 0 Å². The zero-order valence-electron chi connectivity index (χ0n) is 11.7. The lowest BCUT2D eigenvalue weighted by Gasteiger charge is -2.26. The fraction of sp³-hybridized carbons (Fsp3) is 0.562. The summed E-state index contributed by atoms with van der Waals surface area (Å²) in [6.45, 7) is 5.13. The zero-order valence-corrected chi connectivity index (χ0v) is 13.3. The highest BCUT2D eigenvalue weighted by atomic mass is 79.9. The molecule has 0 aliphatic heterocycles. The molecule has 3 heteroatoms. The third-order valence-electron chi connectivity index (χ3n) is 4.12. The molecular formula is C16H22BrNO. The molecule has 1 aromatic carbocycles. The summed E-state index contributed by atoms with van der Waals surface area (Å²) in [5.41, 5.74) is 1.84. The number of nitrogens with one attached hydrogen (secondary N) is 1. The average Bonchev–Trinajstić information content (AvgIpc) is 2.41. The number of carbonyl (C=O) groups excluding carboxylic acids is 1. The standard InChI is InChI=1S/C16H22BrNO/c1-11-6-8-13(9-7-11)10-18-16(19)14-5-3-4-12(2)15(14)17/h3-5,11,13H,6-10H2,1-2H3,(H,18,19). The number of hydrogen-bond donors (Lipinski definition) is 1. The van der Waals surface area contributed by atoms with Gasteiger partial charge in [0, 0.05) is 11.0 Å². The first-order valence-electron chi connectivity index (χ1n) is 7.11. The third kappa shape index (κ3) is 3.82. The Morgan fingerprint density at radius 1 is 1.32 bits per heavy atom. The second-order valence-corrected chi connectivity index (χ2v) is 6.57. The number of carbonyl (C=O) groups is 1. The Balaban J connectivity index is 1.89. The Kier molecular flexibility index (Phi) is 5.03. The molecule has 0 radical (unpaired) electrons. The predicted octanol–water partition coefficient (Wildman–Crippen LogP) is 4.31. The lowest BCUT2D eigenvalue weighted by atomic mass is 9.83. The quantitative estimate of drug-likeness (QED) is 0.882. The Morgan fingerprint density at radius 3 is 2.68 bits per heavy atom. The first-order chi connectivity index (χ1) is 9.08. The van der Waals surface area contributed by atoms with Crippen molar-refractivity contribution in [3.63, 3.8) is 0 Å². The first kappa shape index (κ1) is 14.6. The van der Waals surface area contributed by atoms with Crippen LogP contribution in [0.15, 0.2) is 22.7 Å². The van der Waals surface area contributed by atoms with E-state index in [9.17, 15) is 4.79 Å². The third-order valence-corrected chi connectivity index (χ3v) is 5.18. The molecule has 1 fully saturated rings. The minimum atomic E-state index is 0.0363. The maximum Gasteiger partial charge on any atom is 0.252 e. The molecule has 0 spiro atoms. The number of aryl methyl sites for hydroxylation is 1. The van der Waals surface area contributed by atoms with E-state index >= 15 is 0 Å². The van der Waals surface area contributed by atoms with Crippen LogP contribution in [0.5, 0.6) is 0 Å². The van der Waals surface area contributed by atoms with Gasteiger partial charge in [0.25, 0.3) is 5.91 Å². The van der Waals surface area contributed by atoms with Crippen molar-refractivity contribution < 1.29 is 4.79 Å². The topological polar surface area (TPSA) is 29.1 Å². The van der Waals surface area contributed by atoms with E-state index in [-0.39, 0.29) is 5.91 Å². The molecule has 2 nitrogen and oxygen atoms in total. The van der Waals surface area contributed by atoms with Gasteiger partial charge in [-0.05, 0) is 59.2 Å². The second-order valence-electron chi connectivity index (χ2n) is 5.77. The summed E-state index contributed by atoms with van der Waals surface area (Å²) in [5, 5.41) is 3.08.